The summed E-state index contributed by atoms with van der Waals surface area (Å²) in [6.45, 7) is 2.99. The number of carbonyl (C=O) groups is 3. The van der Waals surface area contributed by atoms with E-state index in [0.717, 1.165) is 10.5 Å². The predicted molar refractivity (Wildman–Crippen MR) is 162 cm³/mol. The van der Waals surface area contributed by atoms with E-state index in [-0.39, 0.29) is 47.9 Å². The Labute approximate surface area is 268 Å². The maximum absolute atomic E-state index is 13.3. The molecule has 2 aliphatic heterocycles. The highest BCUT2D eigenvalue weighted by Gasteiger charge is 2.48. The molecule has 1 N–H and O–H groups in total. The van der Waals surface area contributed by atoms with Crippen LogP contribution in [0.3, 0.4) is 0 Å². The second kappa shape index (κ2) is 13.0. The molecule has 0 aliphatic carbocycles. The molecule has 240 valence electrons. The van der Waals surface area contributed by atoms with Crippen LogP contribution in [0.2, 0.25) is 5.02 Å². The number of carbonyl (C=O) groups excluding carboxylic acids is 3. The van der Waals surface area contributed by atoms with E-state index in [1.165, 1.54) is 32.0 Å². The molecule has 3 aromatic rings. The lowest BCUT2D eigenvalue weighted by molar-refractivity contribution is -0.274. The summed E-state index contributed by atoms with van der Waals surface area (Å²) >= 11 is 6.39. The summed E-state index contributed by atoms with van der Waals surface area (Å²) in [5.41, 5.74) is 1.21. The van der Waals surface area contributed by atoms with Crippen molar-refractivity contribution in [1.29, 1.82) is 5.26 Å². The number of piperidine rings is 1. The first-order valence-corrected chi connectivity index (χ1v) is 14.8. The van der Waals surface area contributed by atoms with Gasteiger partial charge >= 0.3 is 12.5 Å². The number of hydrogen-bond donors (Lipinski definition) is 1. The van der Waals surface area contributed by atoms with Gasteiger partial charge in [-0.1, -0.05) is 54.1 Å². The lowest BCUT2D eigenvalue weighted by Crippen LogP contribution is -2.52. The molecular formula is C33H30ClF3N4O5. The van der Waals surface area contributed by atoms with Crippen molar-refractivity contribution in [2.75, 3.05) is 19.6 Å². The maximum atomic E-state index is 13.3. The van der Waals surface area contributed by atoms with Crippen molar-refractivity contribution in [2.24, 2.45) is 0 Å². The summed E-state index contributed by atoms with van der Waals surface area (Å²) < 4.78 is 49.5. The Bertz CT molecular complexity index is 1690. The zero-order chi connectivity index (χ0) is 33.2. The second-order valence-electron chi connectivity index (χ2n) is 11.6. The highest BCUT2D eigenvalue weighted by atomic mass is 35.5. The molecule has 2 aliphatic rings. The Morgan fingerprint density at radius 1 is 1.13 bits per heavy atom. The van der Waals surface area contributed by atoms with Gasteiger partial charge in [0.25, 0.3) is 5.91 Å². The molecule has 2 heterocycles. The highest BCUT2D eigenvalue weighted by molar-refractivity contribution is 6.33. The number of nitriles is 1. The Morgan fingerprint density at radius 2 is 1.87 bits per heavy atom. The van der Waals surface area contributed by atoms with Crippen LogP contribution in [0.1, 0.15) is 42.9 Å². The van der Waals surface area contributed by atoms with Crippen molar-refractivity contribution in [3.63, 3.8) is 0 Å². The molecule has 46 heavy (non-hydrogen) atoms. The number of amides is 3. The molecule has 13 heteroatoms. The van der Waals surface area contributed by atoms with E-state index in [1.54, 1.807) is 23.1 Å². The lowest BCUT2D eigenvalue weighted by atomic mass is 9.85. The first-order chi connectivity index (χ1) is 21.8. The van der Waals surface area contributed by atoms with Gasteiger partial charge in [-0.05, 0) is 55.7 Å². The SMILES string of the molecule is CC1(C)OC(=O)N(CC(=O)N2CC[C@H](NCc3cc(-c4ccc(C#N)cc4Cl)ccc3OC(F)(F)F)[C@H](c3ccccc3)C2)C1=O. The maximum Gasteiger partial charge on any atom is 0.573 e. The molecule has 3 aromatic carbocycles. The van der Waals surface area contributed by atoms with Crippen LogP contribution in [0.15, 0.2) is 66.7 Å². The molecule has 9 nitrogen and oxygen atoms in total. The Hall–Kier alpha value is -4.60. The molecule has 2 fully saturated rings. The van der Waals surface area contributed by atoms with E-state index in [2.05, 4.69) is 10.1 Å². The summed E-state index contributed by atoms with van der Waals surface area (Å²) in [7, 11) is 0. The van der Waals surface area contributed by atoms with Crippen LogP contribution in [0.5, 0.6) is 5.75 Å². The molecule has 0 aromatic heterocycles. The number of likely N-dealkylation sites (tertiary alicyclic amines) is 1. The summed E-state index contributed by atoms with van der Waals surface area (Å²) in [4.78, 5) is 40.5. The van der Waals surface area contributed by atoms with Crippen molar-refractivity contribution >= 4 is 29.5 Å². The van der Waals surface area contributed by atoms with E-state index >= 15 is 0 Å². The third-order valence-electron chi connectivity index (χ3n) is 8.06. The van der Waals surface area contributed by atoms with E-state index in [0.29, 0.717) is 23.1 Å². The number of imide groups is 1. The average Bonchev–Trinajstić information content (AvgIpc) is 3.21. The zero-order valence-corrected chi connectivity index (χ0v) is 25.7. The number of ether oxygens (including phenoxy) is 2. The minimum absolute atomic E-state index is 0.00169. The topological polar surface area (TPSA) is 112 Å². The third kappa shape index (κ3) is 7.27. The molecule has 0 unspecified atom stereocenters. The number of nitrogens with one attached hydrogen (secondary N) is 1. The standard InChI is InChI=1S/C33H30ClF3N4O5/c1-32(2)30(43)41(31(44)46-32)19-29(42)40-13-12-27(25(18-40)21-6-4-3-5-7-21)39-17-23-15-22(9-11-28(23)45-33(35,36)37)24-10-8-20(16-38)14-26(24)34/h3-11,14-15,25,27,39H,12-13,17-19H2,1-2H3/t25-,27-/m0/s1. The second-order valence-corrected chi connectivity index (χ2v) is 12.0. The number of cyclic esters (lactones) is 1. The van der Waals surface area contributed by atoms with Crippen molar-refractivity contribution in [3.8, 4) is 22.9 Å². The minimum Gasteiger partial charge on any atom is -0.433 e. The predicted octanol–water partition coefficient (Wildman–Crippen LogP) is 6.01. The van der Waals surface area contributed by atoms with Gasteiger partial charge in [0.1, 0.15) is 12.3 Å². The van der Waals surface area contributed by atoms with Crippen LogP contribution in [-0.4, -0.2) is 65.3 Å². The lowest BCUT2D eigenvalue weighted by Gasteiger charge is -2.40. The Balaban J connectivity index is 1.37. The van der Waals surface area contributed by atoms with Crippen molar-refractivity contribution in [2.45, 2.75) is 50.7 Å². The van der Waals surface area contributed by atoms with E-state index < -0.39 is 36.4 Å². The fourth-order valence-corrected chi connectivity index (χ4v) is 6.02. The van der Waals surface area contributed by atoms with Gasteiger partial charge in [0.2, 0.25) is 5.91 Å². The largest absolute Gasteiger partial charge is 0.573 e. The molecule has 3 amide bonds. The fourth-order valence-electron chi connectivity index (χ4n) is 5.73. The van der Waals surface area contributed by atoms with E-state index in [4.69, 9.17) is 21.6 Å². The molecule has 0 bridgehead atoms. The van der Waals surface area contributed by atoms with Crippen molar-refractivity contribution in [3.05, 3.63) is 88.4 Å². The minimum atomic E-state index is -4.92. The number of rotatable bonds is 8. The first-order valence-electron chi connectivity index (χ1n) is 14.5. The monoisotopic (exact) mass is 654 g/mol. The van der Waals surface area contributed by atoms with Gasteiger partial charge in [0.05, 0.1) is 11.6 Å². The van der Waals surface area contributed by atoms with Gasteiger partial charge in [-0.15, -0.1) is 13.2 Å². The number of nitrogens with zero attached hydrogens (tertiary/aromatic N) is 3. The molecule has 0 radical (unpaired) electrons. The summed E-state index contributed by atoms with van der Waals surface area (Å²) in [6.07, 6.45) is -5.36. The average molecular weight is 655 g/mol. The number of halogens is 4. The van der Waals surface area contributed by atoms with Gasteiger partial charge in [-0.25, -0.2) is 9.69 Å². The summed E-state index contributed by atoms with van der Waals surface area (Å²) in [6, 6.07) is 20.1. The van der Waals surface area contributed by atoms with Gasteiger partial charge < -0.3 is 19.7 Å². The zero-order valence-electron chi connectivity index (χ0n) is 24.9. The van der Waals surface area contributed by atoms with E-state index in [1.807, 2.05) is 36.4 Å². The number of benzene rings is 3. The van der Waals surface area contributed by atoms with Crippen LogP contribution in [0.25, 0.3) is 11.1 Å². The summed E-state index contributed by atoms with van der Waals surface area (Å²) in [5.74, 6) is -1.65. The third-order valence-corrected chi connectivity index (χ3v) is 8.37. The number of alkyl halides is 3. The van der Waals surface area contributed by atoms with Gasteiger partial charge in [0, 0.05) is 47.7 Å². The first kappa shape index (κ1) is 32.8. The smallest absolute Gasteiger partial charge is 0.433 e. The van der Waals surface area contributed by atoms with Crippen LogP contribution < -0.4 is 10.1 Å². The molecular weight excluding hydrogens is 625 g/mol. The van der Waals surface area contributed by atoms with Crippen LogP contribution >= 0.6 is 11.6 Å². The molecule has 0 spiro atoms. The Morgan fingerprint density at radius 3 is 2.50 bits per heavy atom. The fraction of sp³-hybridized carbons (Fsp3) is 0.333. The van der Waals surface area contributed by atoms with Gasteiger partial charge in [-0.2, -0.15) is 5.26 Å². The number of hydrogen-bond acceptors (Lipinski definition) is 7. The molecule has 0 saturated carbocycles. The van der Waals surface area contributed by atoms with E-state index in [9.17, 15) is 27.6 Å². The normalized spacial score (nSPS) is 19.5. The quantitative estimate of drug-likeness (QED) is 0.317. The molecule has 2 atom stereocenters. The molecule has 5 rings (SSSR count). The van der Waals surface area contributed by atoms with Crippen LogP contribution in [-0.2, 0) is 20.9 Å². The highest BCUT2D eigenvalue weighted by Crippen LogP contribution is 2.35. The van der Waals surface area contributed by atoms with Crippen LogP contribution in [0, 0.1) is 11.3 Å². The van der Waals surface area contributed by atoms with Gasteiger partial charge in [-0.3, -0.25) is 9.59 Å². The van der Waals surface area contributed by atoms with Crippen LogP contribution in [0.4, 0.5) is 18.0 Å². The van der Waals surface area contributed by atoms with Gasteiger partial charge in [0.15, 0.2) is 5.60 Å². The van der Waals surface area contributed by atoms with Crippen molar-refractivity contribution in [1.82, 2.24) is 15.1 Å². The molecule has 2 saturated heterocycles. The summed E-state index contributed by atoms with van der Waals surface area (Å²) in [5, 5.41) is 12.8. The Kier molecular flexibility index (Phi) is 9.28. The van der Waals surface area contributed by atoms with Crippen molar-refractivity contribution < 1.29 is 37.0 Å².